The molecule has 0 atom stereocenters. The maximum atomic E-state index is 11.9. The van der Waals surface area contributed by atoms with Gasteiger partial charge in [-0.2, -0.15) is 0 Å². The average molecular weight is 500 g/mol. The molecule has 8 heteroatoms. The molecule has 36 heavy (non-hydrogen) atoms. The molecule has 2 aromatic rings. The number of carbonyl (C=O) groups is 2. The number of hydrogen-bond acceptors (Lipinski definition) is 5. The zero-order valence-corrected chi connectivity index (χ0v) is 21.4. The third-order valence-electron chi connectivity index (χ3n) is 5.62. The summed E-state index contributed by atoms with van der Waals surface area (Å²) in [5, 5.41) is 17.3. The zero-order valence-electron chi connectivity index (χ0n) is 21.4. The first-order valence-electron chi connectivity index (χ1n) is 13.0. The second-order valence-electron chi connectivity index (χ2n) is 8.75. The summed E-state index contributed by atoms with van der Waals surface area (Å²) in [5.41, 5.74) is 0. The van der Waals surface area contributed by atoms with Crippen LogP contribution >= 0.6 is 0 Å². The average Bonchev–Trinajstić information content (AvgIpc) is 2.88. The van der Waals surface area contributed by atoms with Gasteiger partial charge in [0.05, 0.1) is 6.67 Å². The van der Waals surface area contributed by atoms with Gasteiger partial charge in [-0.05, 0) is 55.0 Å². The fourth-order valence-corrected chi connectivity index (χ4v) is 3.55. The van der Waals surface area contributed by atoms with E-state index in [9.17, 15) is 14.7 Å². The van der Waals surface area contributed by atoms with Crippen LogP contribution in [0.1, 0.15) is 71.1 Å². The second kappa shape index (κ2) is 17.9. The summed E-state index contributed by atoms with van der Waals surface area (Å²) in [6.07, 6.45) is 12.5. The minimum atomic E-state index is -0.339. The predicted molar refractivity (Wildman–Crippen MR) is 142 cm³/mol. The third kappa shape index (κ3) is 13.5. The van der Waals surface area contributed by atoms with E-state index in [1.165, 1.54) is 51.4 Å². The van der Waals surface area contributed by atoms with Crippen LogP contribution in [0.4, 0.5) is 4.79 Å². The zero-order chi connectivity index (χ0) is 25.8. The van der Waals surface area contributed by atoms with E-state index in [2.05, 4.69) is 22.9 Å². The van der Waals surface area contributed by atoms with Gasteiger partial charge in [-0.3, -0.25) is 4.79 Å². The van der Waals surface area contributed by atoms with Crippen LogP contribution in [0.15, 0.2) is 48.5 Å². The number of carbonyl (C=O) groups excluding carboxylic acids is 2. The highest BCUT2D eigenvalue weighted by molar-refractivity contribution is 5.78. The van der Waals surface area contributed by atoms with Gasteiger partial charge in [0.15, 0.2) is 6.61 Å². The van der Waals surface area contributed by atoms with Gasteiger partial charge in [0.1, 0.15) is 23.0 Å². The van der Waals surface area contributed by atoms with Crippen molar-refractivity contribution >= 4 is 11.9 Å². The van der Waals surface area contributed by atoms with Crippen molar-refractivity contribution in [3.05, 3.63) is 48.5 Å². The summed E-state index contributed by atoms with van der Waals surface area (Å²) in [4.78, 5) is 23.8. The minimum absolute atomic E-state index is 0.0332. The van der Waals surface area contributed by atoms with E-state index in [0.717, 1.165) is 12.8 Å². The number of urea groups is 1. The number of benzene rings is 2. The molecule has 0 spiro atoms. The number of hydrogen-bond donors (Lipinski definition) is 4. The summed E-state index contributed by atoms with van der Waals surface area (Å²) in [6.45, 7) is 2.73. The molecule has 0 aliphatic carbocycles. The molecule has 0 saturated heterocycles. The number of nitrogens with one attached hydrogen (secondary N) is 3. The number of phenolic OH excluding ortho intramolecular Hbond substituents is 1. The maximum absolute atomic E-state index is 11.9. The molecule has 0 bridgehead atoms. The topological polar surface area (TPSA) is 109 Å². The van der Waals surface area contributed by atoms with E-state index in [0.29, 0.717) is 23.8 Å². The molecule has 3 amide bonds. The lowest BCUT2D eigenvalue weighted by molar-refractivity contribution is -0.123. The van der Waals surface area contributed by atoms with Crippen LogP contribution in [-0.4, -0.2) is 36.9 Å². The van der Waals surface area contributed by atoms with E-state index in [1.807, 2.05) is 0 Å². The van der Waals surface area contributed by atoms with Crippen LogP contribution in [-0.2, 0) is 4.79 Å². The lowest BCUT2D eigenvalue weighted by Crippen LogP contribution is -2.43. The Kier molecular flexibility index (Phi) is 14.4. The van der Waals surface area contributed by atoms with Gasteiger partial charge < -0.3 is 30.5 Å². The summed E-state index contributed by atoms with van der Waals surface area (Å²) >= 11 is 0. The fourth-order valence-electron chi connectivity index (χ4n) is 3.55. The Morgan fingerprint density at radius 1 is 0.694 bits per heavy atom. The molecule has 0 heterocycles. The molecule has 0 aliphatic heterocycles. The minimum Gasteiger partial charge on any atom is -0.508 e. The quantitative estimate of drug-likeness (QED) is 0.152. The van der Waals surface area contributed by atoms with Gasteiger partial charge in [0.2, 0.25) is 0 Å². The Hall–Kier alpha value is -3.42. The second-order valence-corrected chi connectivity index (χ2v) is 8.75. The first-order chi connectivity index (χ1) is 17.6. The van der Waals surface area contributed by atoms with Crippen LogP contribution < -0.4 is 25.4 Å². The number of ether oxygens (including phenoxy) is 2. The summed E-state index contributed by atoms with van der Waals surface area (Å²) in [7, 11) is 0. The largest absolute Gasteiger partial charge is 0.508 e. The molecule has 2 rings (SSSR count). The van der Waals surface area contributed by atoms with Crippen molar-refractivity contribution in [1.29, 1.82) is 0 Å². The molecule has 0 unspecified atom stereocenters. The number of aromatic hydroxyl groups is 1. The first kappa shape index (κ1) is 28.8. The predicted octanol–water partition coefficient (Wildman–Crippen LogP) is 5.86. The molecule has 0 radical (unpaired) electrons. The summed E-state index contributed by atoms with van der Waals surface area (Å²) in [6, 6.07) is 13.0. The summed E-state index contributed by atoms with van der Waals surface area (Å²) < 4.78 is 11.1. The van der Waals surface area contributed by atoms with Crippen molar-refractivity contribution < 1.29 is 24.2 Å². The normalized spacial score (nSPS) is 10.5. The van der Waals surface area contributed by atoms with Crippen LogP contribution in [0.25, 0.3) is 0 Å². The Bertz CT molecular complexity index is 872. The van der Waals surface area contributed by atoms with Gasteiger partial charge >= 0.3 is 6.03 Å². The van der Waals surface area contributed by atoms with E-state index >= 15 is 0 Å². The third-order valence-corrected chi connectivity index (χ3v) is 5.62. The molecular weight excluding hydrogens is 458 g/mol. The van der Waals surface area contributed by atoms with Gasteiger partial charge in [-0.1, -0.05) is 64.7 Å². The smallest absolute Gasteiger partial charge is 0.316 e. The van der Waals surface area contributed by atoms with E-state index in [-0.39, 0.29) is 31.0 Å². The Morgan fingerprint density at radius 3 is 1.83 bits per heavy atom. The highest BCUT2D eigenvalue weighted by atomic mass is 16.5. The lowest BCUT2D eigenvalue weighted by atomic mass is 10.1. The van der Waals surface area contributed by atoms with Crippen molar-refractivity contribution in [2.75, 3.05) is 19.8 Å². The van der Waals surface area contributed by atoms with Crippen molar-refractivity contribution in [3.63, 3.8) is 0 Å². The van der Waals surface area contributed by atoms with Gasteiger partial charge in [0, 0.05) is 6.54 Å². The van der Waals surface area contributed by atoms with Crippen LogP contribution in [0.2, 0.25) is 0 Å². The number of unbranched alkanes of at least 4 members (excludes halogenated alkanes) is 9. The van der Waals surface area contributed by atoms with E-state index < -0.39 is 0 Å². The van der Waals surface area contributed by atoms with Crippen LogP contribution in [0, 0.1) is 0 Å². The number of rotatable bonds is 18. The van der Waals surface area contributed by atoms with Gasteiger partial charge in [0.25, 0.3) is 5.91 Å². The van der Waals surface area contributed by atoms with Gasteiger partial charge in [-0.15, -0.1) is 0 Å². The van der Waals surface area contributed by atoms with E-state index in [4.69, 9.17) is 9.47 Å². The molecule has 0 aromatic heterocycles. The Morgan fingerprint density at radius 2 is 1.22 bits per heavy atom. The van der Waals surface area contributed by atoms with Crippen molar-refractivity contribution in [3.8, 4) is 23.0 Å². The molecule has 0 fully saturated rings. The Balaban J connectivity index is 1.46. The number of phenols is 1. The lowest BCUT2D eigenvalue weighted by Gasteiger charge is -2.10. The fraction of sp³-hybridized carbons (Fsp3) is 0.500. The van der Waals surface area contributed by atoms with E-state index in [1.54, 1.807) is 48.5 Å². The van der Waals surface area contributed by atoms with Gasteiger partial charge in [-0.25, -0.2) is 4.79 Å². The standard InChI is InChI=1S/C28H41N3O5/c1-2-3-4-5-6-7-8-9-10-11-20-29-28(34)31-22-30-27(33)21-35-24-16-18-26(19-17-24)36-25-14-12-23(32)13-15-25/h12-19,32H,2-11,20-22H2,1H3,(H,30,33)(H2,29,31,34). The highest BCUT2D eigenvalue weighted by Gasteiger charge is 2.05. The van der Waals surface area contributed by atoms with Crippen molar-refractivity contribution in [2.45, 2.75) is 71.1 Å². The van der Waals surface area contributed by atoms with Crippen LogP contribution in [0.3, 0.4) is 0 Å². The number of amides is 3. The van der Waals surface area contributed by atoms with Crippen LogP contribution in [0.5, 0.6) is 23.0 Å². The van der Waals surface area contributed by atoms with Crippen molar-refractivity contribution in [2.24, 2.45) is 0 Å². The maximum Gasteiger partial charge on any atom is 0.316 e. The monoisotopic (exact) mass is 499 g/mol. The molecule has 0 saturated carbocycles. The summed E-state index contributed by atoms with van der Waals surface area (Å²) in [5.74, 6) is 1.55. The van der Waals surface area contributed by atoms with Crippen molar-refractivity contribution in [1.82, 2.24) is 16.0 Å². The Labute approximate surface area is 214 Å². The molecule has 2 aromatic carbocycles. The molecule has 8 nitrogen and oxygen atoms in total. The highest BCUT2D eigenvalue weighted by Crippen LogP contribution is 2.25. The molecular formula is C28H41N3O5. The first-order valence-corrected chi connectivity index (χ1v) is 13.0. The molecule has 198 valence electrons. The molecule has 0 aliphatic rings. The SMILES string of the molecule is CCCCCCCCCCCCNC(=O)NCNC(=O)COc1ccc(Oc2ccc(O)cc2)cc1. The molecule has 4 N–H and O–H groups in total.